The highest BCUT2D eigenvalue weighted by Gasteiger charge is 2.18. The second-order valence-corrected chi connectivity index (χ2v) is 5.07. The summed E-state index contributed by atoms with van der Waals surface area (Å²) < 4.78 is 9.95. The number of halogens is 1. The maximum atomic E-state index is 11.7. The molecule has 106 valence electrons. The summed E-state index contributed by atoms with van der Waals surface area (Å²) in [6.07, 6.45) is 0. The number of hydrogen-bond donors (Lipinski definition) is 1. The Morgan fingerprint density at radius 2 is 2.05 bits per heavy atom. The van der Waals surface area contributed by atoms with Crippen molar-refractivity contribution in [3.8, 4) is 0 Å². The summed E-state index contributed by atoms with van der Waals surface area (Å²) in [5, 5.41) is 3.80. The molecule has 0 radical (unpaired) electrons. The van der Waals surface area contributed by atoms with E-state index in [9.17, 15) is 4.79 Å². The van der Waals surface area contributed by atoms with Gasteiger partial charge < -0.3 is 14.8 Å². The highest BCUT2D eigenvalue weighted by Crippen LogP contribution is 2.23. The smallest absolute Gasteiger partial charge is 0.340 e. The van der Waals surface area contributed by atoms with Gasteiger partial charge in [0.2, 0.25) is 0 Å². The number of anilines is 1. The van der Waals surface area contributed by atoms with E-state index in [0.29, 0.717) is 28.8 Å². The van der Waals surface area contributed by atoms with Crippen molar-refractivity contribution in [1.82, 2.24) is 0 Å². The van der Waals surface area contributed by atoms with E-state index >= 15 is 0 Å². The van der Waals surface area contributed by atoms with Crippen molar-refractivity contribution in [2.45, 2.75) is 19.9 Å². The molecule has 0 aliphatic rings. The van der Waals surface area contributed by atoms with Crippen molar-refractivity contribution in [2.24, 2.45) is 5.92 Å². The van der Waals surface area contributed by atoms with Crippen molar-refractivity contribution in [3.05, 3.63) is 28.8 Å². The summed E-state index contributed by atoms with van der Waals surface area (Å²) in [7, 11) is 3.00. The lowest BCUT2D eigenvalue weighted by atomic mass is 10.0. The Bertz CT molecular complexity index is 435. The van der Waals surface area contributed by atoms with Gasteiger partial charge >= 0.3 is 5.97 Å². The van der Waals surface area contributed by atoms with Crippen LogP contribution in [0.1, 0.15) is 24.2 Å². The number of carbonyl (C=O) groups is 1. The molecule has 0 aliphatic heterocycles. The first-order chi connectivity index (χ1) is 8.99. The van der Waals surface area contributed by atoms with Gasteiger partial charge in [0.15, 0.2) is 0 Å². The van der Waals surface area contributed by atoms with E-state index in [1.165, 1.54) is 7.11 Å². The lowest BCUT2D eigenvalue weighted by Gasteiger charge is -2.24. The van der Waals surface area contributed by atoms with Gasteiger partial charge in [0.1, 0.15) is 0 Å². The zero-order valence-corrected chi connectivity index (χ0v) is 12.5. The van der Waals surface area contributed by atoms with E-state index in [-0.39, 0.29) is 6.04 Å². The zero-order chi connectivity index (χ0) is 14.4. The number of ether oxygens (including phenoxy) is 2. The number of carbonyl (C=O) groups excluding carboxylic acids is 1. The summed E-state index contributed by atoms with van der Waals surface area (Å²) in [4.78, 5) is 11.7. The molecule has 0 bridgehead atoms. The summed E-state index contributed by atoms with van der Waals surface area (Å²) in [5.74, 6) is -0.0500. The molecule has 0 aliphatic carbocycles. The van der Waals surface area contributed by atoms with Crippen LogP contribution in [0.5, 0.6) is 0 Å². The second-order valence-electron chi connectivity index (χ2n) is 4.63. The molecule has 0 heterocycles. The molecule has 1 unspecified atom stereocenters. The number of esters is 1. The van der Waals surface area contributed by atoms with Gasteiger partial charge in [-0.2, -0.15) is 0 Å². The molecule has 1 aromatic carbocycles. The van der Waals surface area contributed by atoms with Crippen LogP contribution in [0.2, 0.25) is 5.02 Å². The highest BCUT2D eigenvalue weighted by molar-refractivity contribution is 6.31. The topological polar surface area (TPSA) is 47.6 Å². The highest BCUT2D eigenvalue weighted by atomic mass is 35.5. The molecule has 1 aromatic rings. The third-order valence-corrected chi connectivity index (χ3v) is 3.11. The predicted molar refractivity (Wildman–Crippen MR) is 76.9 cm³/mol. The lowest BCUT2D eigenvalue weighted by molar-refractivity contribution is 0.0601. The first-order valence-corrected chi connectivity index (χ1v) is 6.50. The fourth-order valence-corrected chi connectivity index (χ4v) is 1.87. The maximum absolute atomic E-state index is 11.7. The first kappa shape index (κ1) is 15.8. The van der Waals surface area contributed by atoms with Gasteiger partial charge in [0.05, 0.1) is 25.3 Å². The Morgan fingerprint density at radius 1 is 1.37 bits per heavy atom. The minimum Gasteiger partial charge on any atom is -0.465 e. The van der Waals surface area contributed by atoms with Gasteiger partial charge in [0.25, 0.3) is 0 Å². The quantitative estimate of drug-likeness (QED) is 0.816. The standard InChI is InChI=1S/C14H20ClNO3/c1-9(2)13(8-18-3)16-12-6-5-10(15)7-11(12)14(17)19-4/h5-7,9,13,16H,8H2,1-4H3. The van der Waals surface area contributed by atoms with Gasteiger partial charge in [-0.3, -0.25) is 0 Å². The Morgan fingerprint density at radius 3 is 2.58 bits per heavy atom. The molecule has 1 atom stereocenters. The third-order valence-electron chi connectivity index (χ3n) is 2.88. The molecule has 1 N–H and O–H groups in total. The molecule has 4 nitrogen and oxygen atoms in total. The van der Waals surface area contributed by atoms with Crippen LogP contribution in [0.25, 0.3) is 0 Å². The number of methoxy groups -OCH3 is 2. The van der Waals surface area contributed by atoms with E-state index in [2.05, 4.69) is 19.2 Å². The maximum Gasteiger partial charge on any atom is 0.340 e. The number of rotatable bonds is 6. The van der Waals surface area contributed by atoms with Gasteiger partial charge in [-0.15, -0.1) is 0 Å². The van der Waals surface area contributed by atoms with Crippen LogP contribution in [-0.4, -0.2) is 32.8 Å². The molecule has 19 heavy (non-hydrogen) atoms. The Labute approximate surface area is 119 Å². The normalized spacial score (nSPS) is 12.3. The number of benzene rings is 1. The SMILES string of the molecule is COCC(Nc1ccc(Cl)cc1C(=O)OC)C(C)C. The lowest BCUT2D eigenvalue weighted by Crippen LogP contribution is -2.31. The van der Waals surface area contributed by atoms with Crippen LogP contribution < -0.4 is 5.32 Å². The minimum atomic E-state index is -0.412. The van der Waals surface area contributed by atoms with Crippen molar-refractivity contribution in [1.29, 1.82) is 0 Å². The Balaban J connectivity index is 3.01. The minimum absolute atomic E-state index is 0.106. The van der Waals surface area contributed by atoms with Crippen molar-refractivity contribution in [3.63, 3.8) is 0 Å². The van der Waals surface area contributed by atoms with Crippen LogP contribution in [0.15, 0.2) is 18.2 Å². The fourth-order valence-electron chi connectivity index (χ4n) is 1.70. The summed E-state index contributed by atoms with van der Waals surface area (Å²) in [6, 6.07) is 5.22. The van der Waals surface area contributed by atoms with Crippen molar-refractivity contribution in [2.75, 3.05) is 26.1 Å². The van der Waals surface area contributed by atoms with Crippen LogP contribution in [0, 0.1) is 5.92 Å². The molecular formula is C14H20ClNO3. The zero-order valence-electron chi connectivity index (χ0n) is 11.7. The largest absolute Gasteiger partial charge is 0.465 e. The Kier molecular flexibility index (Phi) is 6.12. The molecule has 0 saturated heterocycles. The molecule has 0 aromatic heterocycles. The van der Waals surface area contributed by atoms with E-state index < -0.39 is 5.97 Å². The van der Waals surface area contributed by atoms with E-state index in [0.717, 1.165) is 0 Å². The molecule has 0 saturated carbocycles. The van der Waals surface area contributed by atoms with Gasteiger partial charge in [-0.25, -0.2) is 4.79 Å². The number of nitrogens with one attached hydrogen (secondary N) is 1. The van der Waals surface area contributed by atoms with Crippen LogP contribution in [-0.2, 0) is 9.47 Å². The average molecular weight is 286 g/mol. The van der Waals surface area contributed by atoms with Gasteiger partial charge in [-0.05, 0) is 24.1 Å². The van der Waals surface area contributed by atoms with Crippen molar-refractivity contribution >= 4 is 23.3 Å². The first-order valence-electron chi connectivity index (χ1n) is 6.13. The summed E-state index contributed by atoms with van der Waals surface area (Å²) >= 11 is 5.92. The fraction of sp³-hybridized carbons (Fsp3) is 0.500. The van der Waals surface area contributed by atoms with Crippen LogP contribution >= 0.6 is 11.6 Å². The second kappa shape index (κ2) is 7.36. The monoisotopic (exact) mass is 285 g/mol. The molecule has 1 rings (SSSR count). The average Bonchev–Trinajstić information content (AvgIpc) is 2.38. The molecular weight excluding hydrogens is 266 g/mol. The van der Waals surface area contributed by atoms with Crippen LogP contribution in [0.3, 0.4) is 0 Å². The number of hydrogen-bond acceptors (Lipinski definition) is 4. The summed E-state index contributed by atoms with van der Waals surface area (Å²) in [5.41, 5.74) is 1.13. The van der Waals surface area contributed by atoms with E-state index in [1.807, 2.05) is 0 Å². The Hall–Kier alpha value is -1.26. The molecule has 0 amide bonds. The molecule has 0 fully saturated rings. The van der Waals surface area contributed by atoms with E-state index in [1.54, 1.807) is 25.3 Å². The third kappa shape index (κ3) is 4.40. The predicted octanol–water partition coefficient (Wildman–Crippen LogP) is 3.21. The van der Waals surface area contributed by atoms with Gasteiger partial charge in [0, 0.05) is 17.8 Å². The van der Waals surface area contributed by atoms with Gasteiger partial charge in [-0.1, -0.05) is 25.4 Å². The molecule has 5 heteroatoms. The van der Waals surface area contributed by atoms with Crippen LogP contribution in [0.4, 0.5) is 5.69 Å². The molecule has 0 spiro atoms. The van der Waals surface area contributed by atoms with E-state index in [4.69, 9.17) is 21.1 Å². The summed E-state index contributed by atoms with van der Waals surface area (Å²) in [6.45, 7) is 4.73. The van der Waals surface area contributed by atoms with Crippen molar-refractivity contribution < 1.29 is 14.3 Å².